The average molecular weight is 371 g/mol. The summed E-state index contributed by atoms with van der Waals surface area (Å²) in [6.45, 7) is 5.11. The predicted molar refractivity (Wildman–Crippen MR) is 98.4 cm³/mol. The number of carbonyl (C=O) groups excluding carboxylic acids is 1. The zero-order valence-corrected chi connectivity index (χ0v) is 15.7. The van der Waals surface area contributed by atoms with E-state index in [1.165, 1.54) is 10.4 Å². The van der Waals surface area contributed by atoms with Crippen molar-refractivity contribution < 1.29 is 4.79 Å². The molecule has 0 saturated carbocycles. The quantitative estimate of drug-likeness (QED) is 0.800. The maximum atomic E-state index is 12.2. The largest absolute Gasteiger partial charge is 0.348 e. The summed E-state index contributed by atoms with van der Waals surface area (Å²) in [5, 5.41) is 6.20. The lowest BCUT2D eigenvalue weighted by Gasteiger charge is -2.20. The minimum absolute atomic E-state index is 0.0276. The van der Waals surface area contributed by atoms with E-state index in [0.717, 1.165) is 12.1 Å². The van der Waals surface area contributed by atoms with E-state index in [2.05, 4.69) is 23.7 Å². The molecule has 1 heterocycles. The first-order valence-electron chi connectivity index (χ1n) is 7.32. The van der Waals surface area contributed by atoms with Crippen molar-refractivity contribution in [1.82, 2.24) is 10.2 Å². The second kappa shape index (κ2) is 8.15. The summed E-state index contributed by atoms with van der Waals surface area (Å²) in [5.74, 6) is -0.0276. The van der Waals surface area contributed by atoms with Gasteiger partial charge in [0.05, 0.1) is 12.6 Å². The van der Waals surface area contributed by atoms with E-state index in [4.69, 9.17) is 23.2 Å². The van der Waals surface area contributed by atoms with E-state index in [0.29, 0.717) is 16.6 Å². The summed E-state index contributed by atoms with van der Waals surface area (Å²) in [6.07, 6.45) is 0. The van der Waals surface area contributed by atoms with Gasteiger partial charge in [0.25, 0.3) is 0 Å². The lowest BCUT2D eigenvalue weighted by molar-refractivity contribution is -0.122. The van der Waals surface area contributed by atoms with Crippen LogP contribution in [-0.4, -0.2) is 24.4 Å². The Labute approximate surface area is 151 Å². The first kappa shape index (κ1) is 18.3. The Morgan fingerprint density at radius 1 is 1.35 bits per heavy atom. The number of nitrogens with one attached hydrogen (secondary N) is 1. The number of halogens is 2. The van der Waals surface area contributed by atoms with Gasteiger partial charge in [-0.15, -0.1) is 11.3 Å². The molecule has 2 rings (SSSR count). The number of hydrogen-bond acceptors (Lipinski definition) is 3. The molecule has 1 N–H and O–H groups in total. The number of likely N-dealkylation sites (N-methyl/N-ethyl adjacent to an activating group) is 1. The number of nitrogens with zero attached hydrogens (tertiary/aromatic N) is 1. The number of hydrogen-bond donors (Lipinski definition) is 1. The lowest BCUT2D eigenvalue weighted by Crippen LogP contribution is -2.36. The highest BCUT2D eigenvalue weighted by atomic mass is 35.5. The van der Waals surface area contributed by atoms with Crippen molar-refractivity contribution >= 4 is 40.4 Å². The van der Waals surface area contributed by atoms with Crippen LogP contribution >= 0.6 is 34.5 Å². The third kappa shape index (κ3) is 5.21. The Hall–Kier alpha value is -1.07. The van der Waals surface area contributed by atoms with Crippen LogP contribution in [0.3, 0.4) is 0 Å². The highest BCUT2D eigenvalue weighted by Crippen LogP contribution is 2.26. The van der Waals surface area contributed by atoms with Crippen LogP contribution < -0.4 is 5.32 Å². The third-order valence-corrected chi connectivity index (χ3v) is 5.17. The van der Waals surface area contributed by atoms with Gasteiger partial charge in [0.1, 0.15) is 0 Å². The standard InChI is InChI=1S/C17H20Cl2N2OS/c1-11-6-7-23-16(11)9-21(3)10-17(22)20-12(2)14-5-4-13(18)8-15(14)19/h4-8,12H,9-10H2,1-3H3,(H,20,22)/t12-/m1/s1. The van der Waals surface area contributed by atoms with Crippen molar-refractivity contribution in [3.63, 3.8) is 0 Å². The zero-order chi connectivity index (χ0) is 17.0. The summed E-state index contributed by atoms with van der Waals surface area (Å²) < 4.78 is 0. The summed E-state index contributed by atoms with van der Waals surface area (Å²) in [5.41, 5.74) is 2.13. The van der Waals surface area contributed by atoms with Gasteiger partial charge in [0.15, 0.2) is 0 Å². The Kier molecular flexibility index (Phi) is 6.48. The van der Waals surface area contributed by atoms with E-state index in [-0.39, 0.29) is 11.9 Å². The smallest absolute Gasteiger partial charge is 0.234 e. The van der Waals surface area contributed by atoms with Gasteiger partial charge in [0.2, 0.25) is 5.91 Å². The van der Waals surface area contributed by atoms with Crippen LogP contribution in [0.5, 0.6) is 0 Å². The van der Waals surface area contributed by atoms with Crippen LogP contribution in [0.2, 0.25) is 10.0 Å². The number of amides is 1. The number of thiophene rings is 1. The Morgan fingerprint density at radius 2 is 2.09 bits per heavy atom. The third-order valence-electron chi connectivity index (χ3n) is 3.60. The van der Waals surface area contributed by atoms with Gasteiger partial charge in [-0.05, 0) is 55.6 Å². The van der Waals surface area contributed by atoms with Crippen molar-refractivity contribution in [2.24, 2.45) is 0 Å². The summed E-state index contributed by atoms with van der Waals surface area (Å²) >= 11 is 13.8. The van der Waals surface area contributed by atoms with Gasteiger partial charge in [-0.2, -0.15) is 0 Å². The van der Waals surface area contributed by atoms with Crippen LogP contribution in [-0.2, 0) is 11.3 Å². The molecule has 0 saturated heterocycles. The summed E-state index contributed by atoms with van der Waals surface area (Å²) in [4.78, 5) is 15.5. The van der Waals surface area contributed by atoms with E-state index >= 15 is 0 Å². The minimum Gasteiger partial charge on any atom is -0.348 e. The molecule has 1 aromatic heterocycles. The molecule has 0 bridgehead atoms. The molecule has 124 valence electrons. The monoisotopic (exact) mass is 370 g/mol. The van der Waals surface area contributed by atoms with Crippen LogP contribution in [0.4, 0.5) is 0 Å². The van der Waals surface area contributed by atoms with Gasteiger partial charge in [-0.1, -0.05) is 29.3 Å². The molecule has 0 radical (unpaired) electrons. The topological polar surface area (TPSA) is 32.3 Å². The maximum Gasteiger partial charge on any atom is 0.234 e. The SMILES string of the molecule is Cc1ccsc1CN(C)CC(=O)N[C@H](C)c1ccc(Cl)cc1Cl. The molecule has 0 fully saturated rings. The highest BCUT2D eigenvalue weighted by Gasteiger charge is 2.15. The number of rotatable bonds is 6. The second-order valence-corrected chi connectivity index (χ2v) is 7.50. The van der Waals surface area contributed by atoms with E-state index < -0.39 is 0 Å². The molecule has 1 aromatic carbocycles. The molecule has 0 spiro atoms. The van der Waals surface area contributed by atoms with Gasteiger partial charge < -0.3 is 5.32 Å². The Morgan fingerprint density at radius 3 is 2.70 bits per heavy atom. The van der Waals surface area contributed by atoms with Gasteiger partial charge in [-0.25, -0.2) is 0 Å². The summed E-state index contributed by atoms with van der Waals surface area (Å²) in [7, 11) is 1.94. The first-order valence-corrected chi connectivity index (χ1v) is 8.96. The normalized spacial score (nSPS) is 12.4. The number of aryl methyl sites for hydroxylation is 1. The fourth-order valence-electron chi connectivity index (χ4n) is 2.33. The maximum absolute atomic E-state index is 12.2. The van der Waals surface area contributed by atoms with E-state index in [9.17, 15) is 4.79 Å². The molecular formula is C17H20Cl2N2OS. The minimum atomic E-state index is -0.163. The predicted octanol–water partition coefficient (Wildman–Crippen LogP) is 4.67. The molecule has 1 atom stereocenters. The fraction of sp³-hybridized carbons (Fsp3) is 0.353. The van der Waals surface area contributed by atoms with Crippen molar-refractivity contribution in [2.45, 2.75) is 26.4 Å². The Bertz CT molecular complexity index is 687. The van der Waals surface area contributed by atoms with Crippen LogP contribution in [0.1, 0.15) is 29.0 Å². The van der Waals surface area contributed by atoms with E-state index in [1.807, 2.05) is 24.9 Å². The molecule has 3 nitrogen and oxygen atoms in total. The van der Waals surface area contributed by atoms with Crippen molar-refractivity contribution in [2.75, 3.05) is 13.6 Å². The molecule has 0 aliphatic carbocycles. The van der Waals surface area contributed by atoms with Crippen molar-refractivity contribution in [1.29, 1.82) is 0 Å². The fourth-order valence-corrected chi connectivity index (χ4v) is 3.89. The highest BCUT2D eigenvalue weighted by molar-refractivity contribution is 7.10. The molecule has 23 heavy (non-hydrogen) atoms. The molecule has 6 heteroatoms. The molecule has 0 aliphatic rings. The van der Waals surface area contributed by atoms with Crippen LogP contribution in [0.15, 0.2) is 29.6 Å². The first-order chi connectivity index (χ1) is 10.9. The van der Waals surface area contributed by atoms with Gasteiger partial charge in [0, 0.05) is 21.5 Å². The molecule has 0 unspecified atom stereocenters. The molecule has 2 aromatic rings. The van der Waals surface area contributed by atoms with Crippen molar-refractivity contribution in [3.05, 3.63) is 55.7 Å². The average Bonchev–Trinajstić information content (AvgIpc) is 2.83. The van der Waals surface area contributed by atoms with Crippen LogP contribution in [0, 0.1) is 6.92 Å². The summed E-state index contributed by atoms with van der Waals surface area (Å²) in [6, 6.07) is 7.24. The van der Waals surface area contributed by atoms with Crippen LogP contribution in [0.25, 0.3) is 0 Å². The molecular weight excluding hydrogens is 351 g/mol. The number of carbonyl (C=O) groups is 1. The zero-order valence-electron chi connectivity index (χ0n) is 13.4. The van der Waals surface area contributed by atoms with Gasteiger partial charge >= 0.3 is 0 Å². The second-order valence-electron chi connectivity index (χ2n) is 5.65. The van der Waals surface area contributed by atoms with Crippen molar-refractivity contribution in [3.8, 4) is 0 Å². The molecule has 1 amide bonds. The number of benzene rings is 1. The molecule has 0 aliphatic heterocycles. The van der Waals surface area contributed by atoms with Gasteiger partial charge in [-0.3, -0.25) is 9.69 Å². The lowest BCUT2D eigenvalue weighted by atomic mass is 10.1. The van der Waals surface area contributed by atoms with E-state index in [1.54, 1.807) is 23.5 Å². The Balaban J connectivity index is 1.89.